The summed E-state index contributed by atoms with van der Waals surface area (Å²) in [5.74, 6) is 0.791. The van der Waals surface area contributed by atoms with E-state index < -0.39 is 0 Å². The summed E-state index contributed by atoms with van der Waals surface area (Å²) in [5, 5.41) is 3.89. The maximum atomic E-state index is 3.89. The molecule has 1 unspecified atom stereocenters. The van der Waals surface area contributed by atoms with Gasteiger partial charge in [0.15, 0.2) is 0 Å². The summed E-state index contributed by atoms with van der Waals surface area (Å²) in [7, 11) is 0. The molecule has 1 saturated carbocycles. The van der Waals surface area contributed by atoms with Crippen LogP contribution in [0.2, 0.25) is 0 Å². The number of likely N-dealkylation sites (tertiary alicyclic amines) is 1. The van der Waals surface area contributed by atoms with E-state index in [9.17, 15) is 0 Å². The second kappa shape index (κ2) is 6.28. The Balaban J connectivity index is 1.45. The third-order valence-electron chi connectivity index (χ3n) is 5.11. The van der Waals surface area contributed by atoms with E-state index in [2.05, 4.69) is 48.3 Å². The lowest BCUT2D eigenvalue weighted by molar-refractivity contribution is 0.167. The number of rotatable bonds is 4. The van der Waals surface area contributed by atoms with E-state index in [1.54, 1.807) is 0 Å². The molecule has 0 amide bonds. The molecule has 0 aromatic heterocycles. The molecular weight excluding hydrogens is 244 g/mol. The number of nitrogens with zero attached hydrogens (tertiary/aromatic N) is 1. The predicted octanol–water partition coefficient (Wildman–Crippen LogP) is 3.31. The maximum Gasteiger partial charge on any atom is 0.0198 e. The van der Waals surface area contributed by atoms with Gasteiger partial charge < -0.3 is 10.2 Å². The Morgan fingerprint density at radius 3 is 2.60 bits per heavy atom. The lowest BCUT2D eigenvalue weighted by atomic mass is 9.75. The largest absolute Gasteiger partial charge is 0.310 e. The van der Waals surface area contributed by atoms with Gasteiger partial charge in [-0.1, -0.05) is 36.8 Å². The Kier molecular flexibility index (Phi) is 4.42. The van der Waals surface area contributed by atoms with Crippen molar-refractivity contribution in [3.05, 3.63) is 35.4 Å². The van der Waals surface area contributed by atoms with Crippen molar-refractivity contribution in [2.24, 2.45) is 0 Å². The fourth-order valence-electron chi connectivity index (χ4n) is 3.68. The van der Waals surface area contributed by atoms with E-state index >= 15 is 0 Å². The average Bonchev–Trinajstić information content (AvgIpc) is 2.44. The van der Waals surface area contributed by atoms with Gasteiger partial charge in [0.25, 0.3) is 0 Å². The fourth-order valence-corrected chi connectivity index (χ4v) is 3.68. The van der Waals surface area contributed by atoms with Crippen molar-refractivity contribution >= 4 is 0 Å². The van der Waals surface area contributed by atoms with Crippen LogP contribution in [0, 0.1) is 6.92 Å². The molecule has 1 aliphatic carbocycles. The molecule has 20 heavy (non-hydrogen) atoms. The first-order chi connectivity index (χ1) is 9.74. The van der Waals surface area contributed by atoms with Gasteiger partial charge in [0, 0.05) is 18.6 Å². The van der Waals surface area contributed by atoms with Gasteiger partial charge in [0.1, 0.15) is 0 Å². The summed E-state index contributed by atoms with van der Waals surface area (Å²) in [4.78, 5) is 2.58. The zero-order valence-corrected chi connectivity index (χ0v) is 12.9. The van der Waals surface area contributed by atoms with Gasteiger partial charge >= 0.3 is 0 Å². The van der Waals surface area contributed by atoms with Crippen LogP contribution in [0.3, 0.4) is 0 Å². The van der Waals surface area contributed by atoms with Crippen molar-refractivity contribution < 1.29 is 0 Å². The second-order valence-corrected chi connectivity index (χ2v) is 6.67. The summed E-state index contributed by atoms with van der Waals surface area (Å²) in [6.45, 7) is 8.19. The number of hydrogen-bond donors (Lipinski definition) is 1. The quantitative estimate of drug-likeness (QED) is 0.904. The van der Waals surface area contributed by atoms with Crippen LogP contribution in [0.4, 0.5) is 0 Å². The van der Waals surface area contributed by atoms with Crippen molar-refractivity contribution in [1.82, 2.24) is 10.2 Å². The molecule has 1 aromatic carbocycles. The average molecular weight is 272 g/mol. The topological polar surface area (TPSA) is 15.3 Å². The van der Waals surface area contributed by atoms with Crippen molar-refractivity contribution in [2.75, 3.05) is 19.6 Å². The van der Waals surface area contributed by atoms with E-state index in [1.165, 1.54) is 56.4 Å². The summed E-state index contributed by atoms with van der Waals surface area (Å²) in [5.41, 5.74) is 2.90. The summed E-state index contributed by atoms with van der Waals surface area (Å²) < 4.78 is 0. The molecule has 0 bridgehead atoms. The van der Waals surface area contributed by atoms with Gasteiger partial charge in [0.2, 0.25) is 0 Å². The lowest BCUT2D eigenvalue weighted by Gasteiger charge is -2.41. The number of likely N-dealkylation sites (N-methyl/N-ethyl adjacent to an activating group) is 1. The summed E-state index contributed by atoms with van der Waals surface area (Å²) in [6.07, 6.45) is 5.37. The standard InChI is InChI=1S/C18H28N2/c1-3-20-10-4-5-17(13-20)19-18-11-16(12-18)15-8-6-14(2)7-9-15/h6-9,16-19H,3-5,10-13H2,1-2H3. The Bertz CT molecular complexity index is 420. The van der Waals surface area contributed by atoms with Crippen molar-refractivity contribution in [3.8, 4) is 0 Å². The Morgan fingerprint density at radius 2 is 1.90 bits per heavy atom. The molecule has 0 spiro atoms. The van der Waals surface area contributed by atoms with Gasteiger partial charge in [-0.2, -0.15) is 0 Å². The first-order valence-electron chi connectivity index (χ1n) is 8.29. The molecule has 2 nitrogen and oxygen atoms in total. The molecule has 3 rings (SSSR count). The molecule has 1 heterocycles. The molecular formula is C18H28N2. The fraction of sp³-hybridized carbons (Fsp3) is 0.667. The number of aryl methyl sites for hydroxylation is 1. The molecule has 2 heteroatoms. The molecule has 0 radical (unpaired) electrons. The van der Waals surface area contributed by atoms with Crippen LogP contribution in [0.15, 0.2) is 24.3 Å². The van der Waals surface area contributed by atoms with Gasteiger partial charge in [-0.25, -0.2) is 0 Å². The summed E-state index contributed by atoms with van der Waals surface area (Å²) >= 11 is 0. The Hall–Kier alpha value is -0.860. The van der Waals surface area contributed by atoms with E-state index in [-0.39, 0.29) is 0 Å². The molecule has 2 fully saturated rings. The van der Waals surface area contributed by atoms with Crippen LogP contribution < -0.4 is 5.32 Å². The van der Waals surface area contributed by atoms with E-state index in [1.807, 2.05) is 0 Å². The van der Waals surface area contributed by atoms with Gasteiger partial charge in [-0.15, -0.1) is 0 Å². The molecule has 1 N–H and O–H groups in total. The molecule has 1 saturated heterocycles. The number of benzene rings is 1. The van der Waals surface area contributed by atoms with E-state index in [4.69, 9.17) is 0 Å². The number of nitrogens with one attached hydrogen (secondary N) is 1. The molecule has 1 aromatic rings. The highest BCUT2D eigenvalue weighted by Crippen LogP contribution is 2.37. The van der Waals surface area contributed by atoms with Gasteiger partial charge in [0.05, 0.1) is 0 Å². The van der Waals surface area contributed by atoms with E-state index in [0.29, 0.717) is 0 Å². The molecule has 2 aliphatic rings. The van der Waals surface area contributed by atoms with Gasteiger partial charge in [-0.3, -0.25) is 0 Å². The Morgan fingerprint density at radius 1 is 1.15 bits per heavy atom. The minimum atomic E-state index is 0.729. The smallest absolute Gasteiger partial charge is 0.0198 e. The normalized spacial score (nSPS) is 31.0. The lowest BCUT2D eigenvalue weighted by Crippen LogP contribution is -2.52. The predicted molar refractivity (Wildman–Crippen MR) is 85.2 cm³/mol. The molecule has 1 aliphatic heterocycles. The maximum absolute atomic E-state index is 3.89. The minimum absolute atomic E-state index is 0.729. The van der Waals surface area contributed by atoms with Crippen LogP contribution in [0.1, 0.15) is 49.7 Å². The summed E-state index contributed by atoms with van der Waals surface area (Å²) in [6, 6.07) is 10.6. The van der Waals surface area contributed by atoms with Crippen molar-refractivity contribution in [3.63, 3.8) is 0 Å². The van der Waals surface area contributed by atoms with Crippen molar-refractivity contribution in [1.29, 1.82) is 0 Å². The van der Waals surface area contributed by atoms with Crippen LogP contribution in [0.5, 0.6) is 0 Å². The second-order valence-electron chi connectivity index (χ2n) is 6.67. The SMILES string of the molecule is CCN1CCCC(NC2CC(c3ccc(C)cc3)C2)C1. The van der Waals surface area contributed by atoms with Crippen LogP contribution in [-0.2, 0) is 0 Å². The number of piperidine rings is 1. The van der Waals surface area contributed by atoms with E-state index in [0.717, 1.165) is 18.0 Å². The molecule has 1 atom stereocenters. The first kappa shape index (κ1) is 14.1. The molecule has 110 valence electrons. The highest BCUT2D eigenvalue weighted by molar-refractivity contribution is 5.26. The third-order valence-corrected chi connectivity index (χ3v) is 5.11. The van der Waals surface area contributed by atoms with Crippen LogP contribution >= 0.6 is 0 Å². The van der Waals surface area contributed by atoms with Crippen molar-refractivity contribution in [2.45, 2.75) is 57.5 Å². The number of hydrogen-bond acceptors (Lipinski definition) is 2. The highest BCUT2D eigenvalue weighted by Gasteiger charge is 2.32. The first-order valence-corrected chi connectivity index (χ1v) is 8.29. The Labute approximate surface area is 123 Å². The van der Waals surface area contributed by atoms with Gasteiger partial charge in [-0.05, 0) is 57.2 Å². The minimum Gasteiger partial charge on any atom is -0.310 e. The van der Waals surface area contributed by atoms with Crippen LogP contribution in [-0.4, -0.2) is 36.6 Å². The van der Waals surface area contributed by atoms with Crippen LogP contribution in [0.25, 0.3) is 0 Å². The third kappa shape index (κ3) is 3.24. The zero-order valence-electron chi connectivity index (χ0n) is 12.9. The highest BCUT2D eigenvalue weighted by atomic mass is 15.2. The zero-order chi connectivity index (χ0) is 13.9. The monoisotopic (exact) mass is 272 g/mol.